The van der Waals surface area contributed by atoms with Gasteiger partial charge in [-0.2, -0.15) is 11.8 Å². The van der Waals surface area contributed by atoms with Crippen LogP contribution in [-0.4, -0.2) is 29.7 Å². The summed E-state index contributed by atoms with van der Waals surface area (Å²) in [5.74, 6) is 3.43. The summed E-state index contributed by atoms with van der Waals surface area (Å²) < 4.78 is 5.34. The minimum atomic E-state index is -0.480. The summed E-state index contributed by atoms with van der Waals surface area (Å²) in [6.07, 6.45) is 4.43. The van der Waals surface area contributed by atoms with Crippen molar-refractivity contribution in [1.29, 1.82) is 0 Å². The van der Waals surface area contributed by atoms with Crippen molar-refractivity contribution in [3.63, 3.8) is 0 Å². The van der Waals surface area contributed by atoms with Crippen LogP contribution in [0.2, 0.25) is 0 Å². The molecular formula is C20H30N2O2S. The van der Waals surface area contributed by atoms with Gasteiger partial charge in [0.15, 0.2) is 0 Å². The number of aryl methyl sites for hydroxylation is 1. The summed E-state index contributed by atoms with van der Waals surface area (Å²) in [6.45, 7) is 6.74. The summed E-state index contributed by atoms with van der Waals surface area (Å²) in [5.41, 5.74) is 3.08. The van der Waals surface area contributed by atoms with Gasteiger partial charge in [0.2, 0.25) is 0 Å². The number of anilines is 1. The summed E-state index contributed by atoms with van der Waals surface area (Å²) in [4.78, 5) is 12.0. The van der Waals surface area contributed by atoms with E-state index in [-0.39, 0.29) is 0 Å². The molecule has 4 nitrogen and oxygen atoms in total. The van der Waals surface area contributed by atoms with Gasteiger partial charge in [-0.25, -0.2) is 4.79 Å². The minimum Gasteiger partial charge on any atom is -0.444 e. The Balaban J connectivity index is 1.62. The van der Waals surface area contributed by atoms with E-state index in [1.165, 1.54) is 41.9 Å². The van der Waals surface area contributed by atoms with Gasteiger partial charge in [-0.3, -0.25) is 5.32 Å². The van der Waals surface area contributed by atoms with Crippen molar-refractivity contribution in [2.45, 2.75) is 58.1 Å². The van der Waals surface area contributed by atoms with E-state index in [0.29, 0.717) is 6.04 Å². The van der Waals surface area contributed by atoms with Gasteiger partial charge in [0.05, 0.1) is 0 Å². The molecule has 1 fully saturated rings. The Kier molecular flexibility index (Phi) is 5.95. The normalized spacial score (nSPS) is 23.2. The summed E-state index contributed by atoms with van der Waals surface area (Å²) in [7, 11) is 0. The fourth-order valence-electron chi connectivity index (χ4n) is 3.58. The summed E-state index contributed by atoms with van der Waals surface area (Å²) in [5, 5.41) is 6.64. The van der Waals surface area contributed by atoms with Crippen LogP contribution in [0.5, 0.6) is 0 Å². The second-order valence-electron chi connectivity index (χ2n) is 8.12. The summed E-state index contributed by atoms with van der Waals surface area (Å²) >= 11 is 2.07. The molecule has 1 aromatic rings. The molecule has 0 bridgehead atoms. The molecule has 0 saturated carbocycles. The molecule has 1 saturated heterocycles. The molecule has 25 heavy (non-hydrogen) atoms. The zero-order valence-corrected chi connectivity index (χ0v) is 16.4. The lowest BCUT2D eigenvalue weighted by atomic mass is 9.87. The molecule has 2 atom stereocenters. The Labute approximate surface area is 155 Å². The molecular weight excluding hydrogens is 332 g/mol. The molecule has 0 spiro atoms. The second-order valence-corrected chi connectivity index (χ2v) is 9.27. The molecule has 2 unspecified atom stereocenters. The first-order valence-electron chi connectivity index (χ1n) is 9.35. The molecule has 1 aliphatic carbocycles. The predicted molar refractivity (Wildman–Crippen MR) is 105 cm³/mol. The lowest BCUT2D eigenvalue weighted by Gasteiger charge is -2.28. The van der Waals surface area contributed by atoms with Crippen molar-refractivity contribution < 1.29 is 9.53 Å². The third kappa shape index (κ3) is 5.38. The maximum absolute atomic E-state index is 12.0. The number of fused-ring (bicyclic) bond motifs is 1. The van der Waals surface area contributed by atoms with Crippen LogP contribution in [0.15, 0.2) is 18.2 Å². The van der Waals surface area contributed by atoms with E-state index in [2.05, 4.69) is 34.5 Å². The van der Waals surface area contributed by atoms with Crippen LogP contribution in [0.25, 0.3) is 0 Å². The molecule has 5 heteroatoms. The van der Waals surface area contributed by atoms with E-state index in [1.807, 2.05) is 26.8 Å². The van der Waals surface area contributed by atoms with Crippen molar-refractivity contribution in [2.75, 3.05) is 23.4 Å². The van der Waals surface area contributed by atoms with Crippen LogP contribution in [0.1, 0.15) is 57.2 Å². The predicted octanol–water partition coefficient (Wildman–Crippen LogP) is 4.75. The molecule has 3 rings (SSSR count). The van der Waals surface area contributed by atoms with Crippen molar-refractivity contribution in [3.05, 3.63) is 29.3 Å². The van der Waals surface area contributed by atoms with Crippen LogP contribution in [0, 0.1) is 5.92 Å². The van der Waals surface area contributed by atoms with Gasteiger partial charge in [-0.05, 0) is 93.7 Å². The fourth-order valence-corrected chi connectivity index (χ4v) is 4.86. The highest BCUT2D eigenvalue weighted by molar-refractivity contribution is 7.99. The summed E-state index contributed by atoms with van der Waals surface area (Å²) in [6, 6.07) is 6.72. The zero-order valence-electron chi connectivity index (χ0n) is 15.6. The van der Waals surface area contributed by atoms with Gasteiger partial charge >= 0.3 is 6.09 Å². The second kappa shape index (κ2) is 8.00. The Morgan fingerprint density at radius 3 is 2.88 bits per heavy atom. The van der Waals surface area contributed by atoms with Gasteiger partial charge in [0.25, 0.3) is 0 Å². The van der Waals surface area contributed by atoms with Crippen LogP contribution >= 0.6 is 11.8 Å². The molecule has 1 aromatic carbocycles. The Morgan fingerprint density at radius 2 is 2.16 bits per heavy atom. The molecule has 2 N–H and O–H groups in total. The van der Waals surface area contributed by atoms with Gasteiger partial charge < -0.3 is 10.1 Å². The van der Waals surface area contributed by atoms with Crippen molar-refractivity contribution in [3.8, 4) is 0 Å². The van der Waals surface area contributed by atoms with Crippen molar-refractivity contribution in [1.82, 2.24) is 5.32 Å². The molecule has 0 radical (unpaired) electrons. The van der Waals surface area contributed by atoms with Gasteiger partial charge in [-0.15, -0.1) is 0 Å². The zero-order chi connectivity index (χ0) is 17.9. The monoisotopic (exact) mass is 362 g/mol. The highest BCUT2D eigenvalue weighted by atomic mass is 32.2. The number of amides is 1. The number of ether oxygens (including phenoxy) is 1. The maximum Gasteiger partial charge on any atom is 0.412 e. The largest absolute Gasteiger partial charge is 0.444 e. The van der Waals surface area contributed by atoms with Crippen molar-refractivity contribution >= 4 is 23.5 Å². The number of nitrogens with one attached hydrogen (secondary N) is 2. The highest BCUT2D eigenvalue weighted by Crippen LogP contribution is 2.32. The SMILES string of the molecule is CC(C)(C)OC(=O)Nc1ccc2c(c1)CCCC2NCC1CCSC1. The smallest absolute Gasteiger partial charge is 0.412 e. The molecule has 1 heterocycles. The minimum absolute atomic E-state index is 0.392. The Hall–Kier alpha value is -1.20. The van der Waals surface area contributed by atoms with Crippen LogP contribution in [-0.2, 0) is 11.2 Å². The average molecular weight is 363 g/mol. The van der Waals surface area contributed by atoms with E-state index in [9.17, 15) is 4.79 Å². The quantitative estimate of drug-likeness (QED) is 0.811. The van der Waals surface area contributed by atoms with Crippen LogP contribution in [0.3, 0.4) is 0 Å². The Morgan fingerprint density at radius 1 is 1.32 bits per heavy atom. The third-order valence-electron chi connectivity index (χ3n) is 4.78. The number of hydrogen-bond donors (Lipinski definition) is 2. The number of hydrogen-bond acceptors (Lipinski definition) is 4. The standard InChI is InChI=1S/C20H30N2O2S/c1-20(2,3)24-19(23)22-16-7-8-17-15(11-16)5-4-6-18(17)21-12-14-9-10-25-13-14/h7-8,11,14,18,21H,4-6,9-10,12-13H2,1-3H3,(H,22,23). The van der Waals surface area contributed by atoms with E-state index in [4.69, 9.17) is 4.74 Å². The van der Waals surface area contributed by atoms with E-state index >= 15 is 0 Å². The third-order valence-corrected chi connectivity index (χ3v) is 6.01. The van der Waals surface area contributed by atoms with E-state index in [1.54, 1.807) is 0 Å². The molecule has 1 aliphatic heterocycles. The average Bonchev–Trinajstić information content (AvgIpc) is 3.04. The molecule has 138 valence electrons. The molecule has 1 amide bonds. The highest BCUT2D eigenvalue weighted by Gasteiger charge is 2.23. The number of carbonyl (C=O) groups excluding carboxylic acids is 1. The number of thioether (sulfide) groups is 1. The van der Waals surface area contributed by atoms with Gasteiger partial charge in [0.1, 0.15) is 5.60 Å². The topological polar surface area (TPSA) is 50.4 Å². The van der Waals surface area contributed by atoms with Crippen molar-refractivity contribution in [2.24, 2.45) is 5.92 Å². The molecule has 0 aromatic heterocycles. The lowest BCUT2D eigenvalue weighted by Crippen LogP contribution is -2.30. The van der Waals surface area contributed by atoms with E-state index in [0.717, 1.165) is 24.6 Å². The number of benzene rings is 1. The lowest BCUT2D eigenvalue weighted by molar-refractivity contribution is 0.0636. The number of rotatable bonds is 4. The van der Waals surface area contributed by atoms with Crippen LogP contribution in [0.4, 0.5) is 10.5 Å². The number of carbonyl (C=O) groups is 1. The first-order valence-corrected chi connectivity index (χ1v) is 10.5. The first-order chi connectivity index (χ1) is 11.9. The van der Waals surface area contributed by atoms with Gasteiger partial charge in [-0.1, -0.05) is 6.07 Å². The van der Waals surface area contributed by atoms with Crippen LogP contribution < -0.4 is 10.6 Å². The van der Waals surface area contributed by atoms with E-state index < -0.39 is 11.7 Å². The van der Waals surface area contributed by atoms with Gasteiger partial charge in [0, 0.05) is 11.7 Å². The first kappa shape index (κ1) is 18.6. The maximum atomic E-state index is 12.0. The Bertz CT molecular complexity index is 606. The molecule has 2 aliphatic rings. The fraction of sp³-hybridized carbons (Fsp3) is 0.650.